The number of primary sulfonamides is 3. The Morgan fingerprint density at radius 2 is 0.798 bits per heavy atom. The number of piperidine rings is 2. The Bertz CT molecular complexity index is 3620. The SMILES string of the molecule is CN1CCCC(Oc2ccc(NC(=O)Cc3ccccc3)cc2S(N)(=O)=O)C1.CN1CCCC(Oc2ccc(NC(=O)Cc3ccccc3Cl)cc2S(N)(=O)=O)C1.NS(=O)(=O)c1cc(NC(=O)Cc2ccccc2Cl)ccc1OC1CCCC1. The van der Waals surface area contributed by atoms with Crippen molar-refractivity contribution < 1.29 is 53.8 Å². The molecule has 6 aromatic carbocycles. The number of hydrogen-bond acceptors (Lipinski definition) is 14. The number of benzene rings is 6. The number of ether oxygens (including phenoxy) is 3. The highest BCUT2D eigenvalue weighted by molar-refractivity contribution is 7.89. The van der Waals surface area contributed by atoms with Crippen molar-refractivity contribution >= 4 is 88.1 Å². The zero-order chi connectivity index (χ0) is 60.6. The second kappa shape index (κ2) is 29.9. The van der Waals surface area contributed by atoms with E-state index in [1.54, 1.807) is 72.8 Å². The molecule has 3 amide bonds. The van der Waals surface area contributed by atoms with Crippen LogP contribution in [-0.2, 0) is 63.7 Å². The molecule has 9 rings (SSSR count). The van der Waals surface area contributed by atoms with Gasteiger partial charge >= 0.3 is 0 Å². The molecule has 1 saturated carbocycles. The summed E-state index contributed by atoms with van der Waals surface area (Å²) in [7, 11) is -8.04. The molecule has 84 heavy (non-hydrogen) atoms. The molecule has 9 N–H and O–H groups in total. The Kier molecular flexibility index (Phi) is 23.1. The molecule has 25 heteroatoms. The van der Waals surface area contributed by atoms with E-state index in [1.165, 1.54) is 30.3 Å². The number of rotatable bonds is 18. The van der Waals surface area contributed by atoms with Crippen molar-refractivity contribution in [2.24, 2.45) is 15.4 Å². The van der Waals surface area contributed by atoms with Gasteiger partial charge in [0, 0.05) is 40.2 Å². The first-order chi connectivity index (χ1) is 39.9. The lowest BCUT2D eigenvalue weighted by molar-refractivity contribution is -0.116. The zero-order valence-electron chi connectivity index (χ0n) is 46.5. The molecular formula is C59H70Cl2N8O12S3. The number of sulfonamides is 3. The van der Waals surface area contributed by atoms with Crippen LogP contribution in [0.1, 0.15) is 68.1 Å². The van der Waals surface area contributed by atoms with Crippen LogP contribution in [0.15, 0.2) is 148 Å². The van der Waals surface area contributed by atoms with Crippen molar-refractivity contribution in [3.05, 3.63) is 160 Å². The van der Waals surface area contributed by atoms with Crippen molar-refractivity contribution in [3.63, 3.8) is 0 Å². The summed E-state index contributed by atoms with van der Waals surface area (Å²) >= 11 is 12.1. The molecule has 0 aromatic heterocycles. The van der Waals surface area contributed by atoms with Gasteiger partial charge in [0.2, 0.25) is 47.8 Å². The van der Waals surface area contributed by atoms with Crippen LogP contribution in [0.2, 0.25) is 10.0 Å². The van der Waals surface area contributed by atoms with Crippen molar-refractivity contribution in [2.75, 3.05) is 56.2 Å². The van der Waals surface area contributed by atoms with E-state index in [2.05, 4.69) is 25.8 Å². The Balaban J connectivity index is 0.000000181. The van der Waals surface area contributed by atoms with Crippen LogP contribution >= 0.6 is 23.2 Å². The quantitative estimate of drug-likeness (QED) is 0.0474. The predicted octanol–water partition coefficient (Wildman–Crippen LogP) is 8.12. The second-order valence-electron chi connectivity index (χ2n) is 20.8. The number of nitrogens with zero attached hydrogens (tertiary/aromatic N) is 2. The molecule has 1 aliphatic carbocycles. The Labute approximate surface area is 501 Å². The molecule has 20 nitrogen and oxygen atoms in total. The van der Waals surface area contributed by atoms with E-state index in [9.17, 15) is 39.6 Å². The molecular weight excluding hydrogens is 1180 g/mol. The molecule has 2 atom stereocenters. The minimum absolute atomic E-state index is 0.00818. The molecule has 6 aromatic rings. The first kappa shape index (κ1) is 64.9. The average Bonchev–Trinajstić information content (AvgIpc) is 4.11. The number of likely N-dealkylation sites (tertiary alicyclic amines) is 2. The smallest absolute Gasteiger partial charge is 0.241 e. The van der Waals surface area contributed by atoms with Gasteiger partial charge in [-0.3, -0.25) is 14.4 Å². The number of carbonyl (C=O) groups excluding carboxylic acids is 3. The lowest BCUT2D eigenvalue weighted by Gasteiger charge is -2.30. The Hall–Kier alpha value is -6.64. The molecule has 2 unspecified atom stereocenters. The van der Waals surface area contributed by atoms with Gasteiger partial charge in [-0.1, -0.05) is 89.9 Å². The van der Waals surface area contributed by atoms with Crippen LogP contribution in [0, 0.1) is 0 Å². The Morgan fingerprint density at radius 1 is 0.464 bits per heavy atom. The van der Waals surface area contributed by atoms with E-state index < -0.39 is 30.1 Å². The highest BCUT2D eigenvalue weighted by atomic mass is 35.5. The number of likely N-dealkylation sites (N-methyl/N-ethyl adjacent to an activating group) is 2. The standard InChI is InChI=1S/C20H24ClN3O4S.C20H25N3O4S.C19H21ClN2O4S/c1-24-10-4-6-16(13-24)28-18-9-8-15(12-19(18)29(22,26)27)23-20(25)11-14-5-2-3-7-17(14)21;1-23-11-5-8-17(14-23)27-18-10-9-16(13-19(18)28(21,25)26)22-20(24)12-15-6-3-2-4-7-15;20-16-8-4-1-5-13(16)11-19(23)22-14-9-10-17(18(12-14)27(21,24)25)26-15-6-2-3-7-15/h2-3,5,7-9,12,16H,4,6,10-11,13H2,1H3,(H,23,25)(H2,22,26,27);2-4,6-7,9-10,13,17H,5,8,11-12,14H2,1H3,(H,22,24)(H2,21,25,26);1,4-5,8-10,12,15H,2-3,6-7,11H2,(H,22,23)(H2,21,24,25). The fourth-order valence-electron chi connectivity index (χ4n) is 9.72. The van der Waals surface area contributed by atoms with Crippen LogP contribution < -0.4 is 45.6 Å². The molecule has 0 bridgehead atoms. The monoisotopic (exact) mass is 1250 g/mol. The maximum Gasteiger partial charge on any atom is 0.241 e. The number of halogens is 2. The molecule has 450 valence electrons. The van der Waals surface area contributed by atoms with Crippen LogP contribution in [0.5, 0.6) is 17.2 Å². The minimum Gasteiger partial charge on any atom is -0.489 e. The third kappa shape index (κ3) is 20.3. The van der Waals surface area contributed by atoms with Gasteiger partial charge in [0.05, 0.1) is 25.4 Å². The molecule has 3 fully saturated rings. The third-order valence-electron chi connectivity index (χ3n) is 13.8. The van der Waals surface area contributed by atoms with Crippen LogP contribution in [0.25, 0.3) is 0 Å². The van der Waals surface area contributed by atoms with E-state index >= 15 is 0 Å². The molecule has 0 spiro atoms. The van der Waals surface area contributed by atoms with Crippen molar-refractivity contribution in [2.45, 2.75) is 104 Å². The largest absolute Gasteiger partial charge is 0.489 e. The minimum atomic E-state index is -4.03. The van der Waals surface area contributed by atoms with Gasteiger partial charge < -0.3 is 40.0 Å². The maximum atomic E-state index is 12.3. The summed E-state index contributed by atoms with van der Waals surface area (Å²) in [6.07, 6.45) is 7.66. The second-order valence-corrected chi connectivity index (χ2v) is 26.2. The van der Waals surface area contributed by atoms with E-state index in [0.717, 1.165) is 76.6 Å². The van der Waals surface area contributed by atoms with E-state index in [4.69, 9.17) is 52.8 Å². The summed E-state index contributed by atoms with van der Waals surface area (Å²) in [5.74, 6) is -0.252. The van der Waals surface area contributed by atoms with Crippen molar-refractivity contribution in [1.29, 1.82) is 0 Å². The normalized spacial score (nSPS) is 16.8. The number of hydrogen-bond donors (Lipinski definition) is 6. The van der Waals surface area contributed by atoms with Gasteiger partial charge in [0.15, 0.2) is 0 Å². The van der Waals surface area contributed by atoms with Crippen molar-refractivity contribution in [3.8, 4) is 17.2 Å². The molecule has 2 aliphatic heterocycles. The van der Waals surface area contributed by atoms with Crippen LogP contribution in [0.4, 0.5) is 17.1 Å². The van der Waals surface area contributed by atoms with Gasteiger partial charge in [-0.25, -0.2) is 40.7 Å². The Morgan fingerprint density at radius 3 is 1.15 bits per heavy atom. The summed E-state index contributed by atoms with van der Waals surface area (Å²) in [5, 5.41) is 25.2. The maximum absolute atomic E-state index is 12.3. The van der Waals surface area contributed by atoms with Gasteiger partial charge in [-0.05, 0) is 162 Å². The average molecular weight is 1250 g/mol. The van der Waals surface area contributed by atoms with Crippen LogP contribution in [0.3, 0.4) is 0 Å². The lowest BCUT2D eigenvalue weighted by Crippen LogP contribution is -2.38. The zero-order valence-corrected chi connectivity index (χ0v) is 50.5. The summed E-state index contributed by atoms with van der Waals surface area (Å²) in [5.41, 5.74) is 3.24. The fraction of sp³-hybridized carbons (Fsp3) is 0.339. The molecule has 3 aliphatic rings. The van der Waals surface area contributed by atoms with Gasteiger partial charge in [0.25, 0.3) is 0 Å². The number of nitrogens with two attached hydrogens (primary N) is 3. The summed E-state index contributed by atoms with van der Waals surface area (Å²) in [6.45, 7) is 3.41. The van der Waals surface area contributed by atoms with E-state index in [0.29, 0.717) is 44.8 Å². The number of carbonyl (C=O) groups is 3. The molecule has 0 radical (unpaired) electrons. The van der Waals surface area contributed by atoms with E-state index in [1.807, 2.05) is 44.4 Å². The van der Waals surface area contributed by atoms with E-state index in [-0.39, 0.29) is 87.2 Å². The first-order valence-corrected chi connectivity index (χ1v) is 32.5. The van der Waals surface area contributed by atoms with Gasteiger partial charge in [0.1, 0.15) is 44.1 Å². The topological polar surface area (TPSA) is 302 Å². The summed E-state index contributed by atoms with van der Waals surface area (Å²) in [4.78, 5) is 40.7. The number of nitrogens with one attached hydrogen (secondary N) is 3. The highest BCUT2D eigenvalue weighted by Crippen LogP contribution is 2.33. The summed E-state index contributed by atoms with van der Waals surface area (Å²) < 4.78 is 89.9. The number of amides is 3. The summed E-state index contributed by atoms with van der Waals surface area (Å²) in [6, 6.07) is 36.8. The first-order valence-electron chi connectivity index (χ1n) is 27.1. The lowest BCUT2D eigenvalue weighted by atomic mass is 10.1. The molecule has 2 saturated heterocycles. The third-order valence-corrected chi connectivity index (χ3v) is 17.3. The van der Waals surface area contributed by atoms with Gasteiger partial charge in [-0.15, -0.1) is 0 Å². The predicted molar refractivity (Wildman–Crippen MR) is 325 cm³/mol. The van der Waals surface area contributed by atoms with Crippen LogP contribution in [-0.4, -0.2) is 111 Å². The fourth-order valence-corrected chi connectivity index (χ4v) is 12.2. The van der Waals surface area contributed by atoms with Gasteiger partial charge in [-0.2, -0.15) is 0 Å². The molecule has 2 heterocycles. The number of anilines is 3. The van der Waals surface area contributed by atoms with Crippen molar-refractivity contribution in [1.82, 2.24) is 9.80 Å². The highest BCUT2D eigenvalue weighted by Gasteiger charge is 2.27.